The molecule has 0 saturated carbocycles. The number of pyridine rings is 2. The van der Waals surface area contributed by atoms with Crippen LogP contribution in [0.4, 0.5) is 0 Å². The van der Waals surface area contributed by atoms with Gasteiger partial charge in [-0.1, -0.05) is 130 Å². The Kier molecular flexibility index (Phi) is 8.08. The van der Waals surface area contributed by atoms with Crippen molar-refractivity contribution in [1.82, 2.24) is 9.97 Å². The molecule has 0 fully saturated rings. The Balaban J connectivity index is 0.000000186. The van der Waals surface area contributed by atoms with Crippen LogP contribution < -0.4 is 0 Å². The zero-order valence-corrected chi connectivity index (χ0v) is 32.9. The van der Waals surface area contributed by atoms with Gasteiger partial charge in [-0.2, -0.15) is 0 Å². The number of fused-ring (bicyclic) bond motifs is 6. The van der Waals surface area contributed by atoms with Gasteiger partial charge in [0, 0.05) is 57.4 Å². The van der Waals surface area contributed by atoms with Crippen LogP contribution in [0.3, 0.4) is 0 Å². The van der Waals surface area contributed by atoms with E-state index < -0.39 is 24.5 Å². The number of nitrogens with zero attached hydrogens (tertiary/aromatic N) is 2. The maximum Gasteiger partial charge on any atom is 0.128 e. The number of rotatable bonds is 4. The van der Waals surface area contributed by atoms with Crippen molar-refractivity contribution in [1.29, 1.82) is 0 Å². The van der Waals surface area contributed by atoms with Crippen LogP contribution in [0.5, 0.6) is 0 Å². The van der Waals surface area contributed by atoms with Crippen LogP contribution >= 0.6 is 0 Å². The molecule has 3 nitrogen and oxygen atoms in total. The number of benzene rings is 5. The number of hydrogen-bond acceptors (Lipinski definition) is 3. The van der Waals surface area contributed by atoms with Crippen LogP contribution in [0.15, 0.2) is 132 Å². The van der Waals surface area contributed by atoms with Gasteiger partial charge in [-0.3, -0.25) is 0 Å². The third-order valence-electron chi connectivity index (χ3n) is 9.68. The van der Waals surface area contributed by atoms with Gasteiger partial charge in [0.15, 0.2) is 0 Å². The molecule has 8 aromatic rings. The van der Waals surface area contributed by atoms with Gasteiger partial charge >= 0.3 is 0 Å². The maximum absolute atomic E-state index is 9.28. The van der Waals surface area contributed by atoms with E-state index in [-0.39, 0.29) is 36.6 Å². The monoisotopic (exact) mass is 875 g/mol. The van der Waals surface area contributed by atoms with Gasteiger partial charge in [-0.05, 0) is 69.5 Å². The van der Waals surface area contributed by atoms with Crippen molar-refractivity contribution < 1.29 is 32.7 Å². The normalized spacial score (nSPS) is 18.4. The molecule has 0 N–H and O–H groups in total. The number of hydrogen-bond donors (Lipinski definition) is 0. The molecule has 0 amide bonds. The molecular formula is C49H44IrN2O-2. The van der Waals surface area contributed by atoms with Crippen molar-refractivity contribution in [2.75, 3.05) is 0 Å². The van der Waals surface area contributed by atoms with E-state index in [2.05, 4.69) is 60.2 Å². The summed E-state index contributed by atoms with van der Waals surface area (Å²) in [6, 6.07) is 43.9. The summed E-state index contributed by atoms with van der Waals surface area (Å²) in [6.45, 7) is 7.20. The van der Waals surface area contributed by atoms with Crippen molar-refractivity contribution in [3.63, 3.8) is 0 Å². The van der Waals surface area contributed by atoms with Gasteiger partial charge < -0.3 is 14.4 Å². The van der Waals surface area contributed by atoms with Gasteiger partial charge in [-0.25, -0.2) is 0 Å². The van der Waals surface area contributed by atoms with Crippen LogP contribution in [-0.4, -0.2) is 9.97 Å². The quantitative estimate of drug-likeness (QED) is 0.165. The molecule has 1 unspecified atom stereocenters. The van der Waals surface area contributed by atoms with Crippen LogP contribution in [-0.2, 0) is 31.9 Å². The minimum absolute atomic E-state index is 0. The fourth-order valence-electron chi connectivity index (χ4n) is 7.23. The first-order chi connectivity index (χ1) is 27.4. The zero-order valence-electron chi connectivity index (χ0n) is 36.5. The van der Waals surface area contributed by atoms with Crippen LogP contribution in [0, 0.1) is 24.4 Å². The van der Waals surface area contributed by atoms with E-state index >= 15 is 0 Å². The molecule has 0 aliphatic heterocycles. The van der Waals surface area contributed by atoms with Crippen molar-refractivity contribution in [3.05, 3.63) is 168 Å². The van der Waals surface area contributed by atoms with Crippen molar-refractivity contribution in [2.45, 2.75) is 65.6 Å². The third kappa shape index (κ3) is 7.23. The summed E-state index contributed by atoms with van der Waals surface area (Å²) in [5, 5.41) is 3.93. The summed E-state index contributed by atoms with van der Waals surface area (Å²) >= 11 is 0. The number of aromatic nitrogens is 2. The van der Waals surface area contributed by atoms with E-state index in [4.69, 9.17) is 11.3 Å². The van der Waals surface area contributed by atoms with Gasteiger partial charge in [0.2, 0.25) is 0 Å². The van der Waals surface area contributed by atoms with Crippen LogP contribution in [0.2, 0.25) is 0 Å². The molecular weight excluding hydrogens is 825 g/mol. The molecule has 3 heterocycles. The standard InChI is InChI=1S/C27H24NO.C22H20N.Ir/c1-17-16-28-24(14-19(17)15-27(2,3)4)23-11-7-10-21-22-13-12-18-8-5-6-9-20(18)25(22)29-26(21)23;1-22(2)14-19(16-9-5-3-6-10-16)18-13-21(23-15-20(18)22)17-11-7-4-8-12-17;/h5-10,12-14,16H,15H2,1-4H3;3-11,13,15,19H,14H2,1-2H3;/q2*-1;/i1D3,15D2;19D;. The van der Waals surface area contributed by atoms with E-state index in [0.29, 0.717) is 16.8 Å². The predicted octanol–water partition coefficient (Wildman–Crippen LogP) is 12.9. The Bertz CT molecular complexity index is 2810. The molecule has 0 saturated heterocycles. The van der Waals surface area contributed by atoms with E-state index in [1.165, 1.54) is 11.8 Å². The molecule has 3 aromatic heterocycles. The molecule has 0 spiro atoms. The summed E-state index contributed by atoms with van der Waals surface area (Å²) in [5.74, 6) is -0.730. The van der Waals surface area contributed by atoms with Gasteiger partial charge in [0.1, 0.15) is 5.58 Å². The molecule has 267 valence electrons. The average Bonchev–Trinajstić information content (AvgIpc) is 3.69. The largest absolute Gasteiger partial charge is 0.500 e. The third-order valence-corrected chi connectivity index (χ3v) is 9.68. The first kappa shape index (κ1) is 29.6. The molecule has 5 aromatic carbocycles. The summed E-state index contributed by atoms with van der Waals surface area (Å²) in [7, 11) is 0. The van der Waals surface area contributed by atoms with Crippen molar-refractivity contribution in [2.24, 2.45) is 5.41 Å². The van der Waals surface area contributed by atoms with Gasteiger partial charge in [0.05, 0.1) is 5.58 Å². The van der Waals surface area contributed by atoms with Crippen LogP contribution in [0.1, 0.15) is 83.0 Å². The van der Waals surface area contributed by atoms with Crippen molar-refractivity contribution in [3.8, 4) is 22.5 Å². The molecule has 0 bridgehead atoms. The first-order valence-electron chi connectivity index (χ1n) is 20.7. The molecule has 9 rings (SSSR count). The molecule has 4 heteroatoms. The second kappa shape index (κ2) is 14.5. The Labute approximate surface area is 335 Å². The van der Waals surface area contributed by atoms with Crippen LogP contribution in [0.25, 0.3) is 55.2 Å². The minimum Gasteiger partial charge on any atom is -0.500 e. The SMILES string of the molecule is [2H]C([2H])([2H])c1cnc(-c2[c-]ccc3c2oc2c4ccccc4ccc32)cc1C([2H])([2H])C(C)(C)C.[2H]C1(c2ccccc2)CC(C)(C)c2cnc(-c3[c-]cccc3)cc21.[Ir]. The molecule has 1 aliphatic rings. The van der Waals surface area contributed by atoms with Crippen molar-refractivity contribution >= 4 is 32.7 Å². The topological polar surface area (TPSA) is 38.9 Å². The Morgan fingerprint density at radius 2 is 1.57 bits per heavy atom. The Morgan fingerprint density at radius 3 is 2.34 bits per heavy atom. The first-order valence-corrected chi connectivity index (χ1v) is 17.7. The molecule has 53 heavy (non-hydrogen) atoms. The molecule has 1 atom stereocenters. The number of furan rings is 1. The minimum atomic E-state index is -2.49. The molecule has 1 radical (unpaired) electrons. The van der Waals surface area contributed by atoms with Gasteiger partial charge in [-0.15, -0.1) is 54.1 Å². The second-order valence-electron chi connectivity index (χ2n) is 15.1. The summed E-state index contributed by atoms with van der Waals surface area (Å²) in [4.78, 5) is 9.10. The second-order valence-corrected chi connectivity index (χ2v) is 15.1. The maximum atomic E-state index is 9.28. The zero-order chi connectivity index (χ0) is 41.3. The molecule has 1 aliphatic carbocycles. The smallest absolute Gasteiger partial charge is 0.128 e. The van der Waals surface area contributed by atoms with E-state index in [1.807, 2.05) is 85.1 Å². The predicted molar refractivity (Wildman–Crippen MR) is 216 cm³/mol. The fourth-order valence-corrected chi connectivity index (χ4v) is 7.23. The van der Waals surface area contributed by atoms with Gasteiger partial charge in [0.25, 0.3) is 0 Å². The summed E-state index contributed by atoms with van der Waals surface area (Å²) in [5.41, 5.74) is 6.64. The fraction of sp³-hybridized carbons (Fsp3) is 0.224. The van der Waals surface area contributed by atoms with E-state index in [9.17, 15) is 1.37 Å². The number of aryl methyl sites for hydroxylation is 1. The average molecular weight is 875 g/mol. The van der Waals surface area contributed by atoms with E-state index in [0.717, 1.165) is 55.9 Å². The Hall–Kier alpha value is -4.89. The van der Waals surface area contributed by atoms with E-state index in [1.54, 1.807) is 32.9 Å². The Morgan fingerprint density at radius 1 is 0.811 bits per heavy atom. The summed E-state index contributed by atoms with van der Waals surface area (Å²) < 4.78 is 57.1. The summed E-state index contributed by atoms with van der Waals surface area (Å²) in [6.07, 6.45) is 2.09.